The van der Waals surface area contributed by atoms with Crippen LogP contribution in [-0.2, 0) is 0 Å². The van der Waals surface area contributed by atoms with Crippen LogP contribution in [0, 0.1) is 0 Å². The van der Waals surface area contributed by atoms with E-state index in [9.17, 15) is 0 Å². The molecule has 0 heterocycles. The van der Waals surface area contributed by atoms with Gasteiger partial charge < -0.3 is 10.2 Å². The van der Waals surface area contributed by atoms with Gasteiger partial charge in [-0.2, -0.15) is 0 Å². The van der Waals surface area contributed by atoms with Crippen LogP contribution in [0.5, 0.6) is 0 Å². The van der Waals surface area contributed by atoms with E-state index in [4.69, 9.17) is 10.2 Å². The van der Waals surface area contributed by atoms with E-state index in [-0.39, 0.29) is 0 Å². The van der Waals surface area contributed by atoms with Gasteiger partial charge in [0.25, 0.3) is 0 Å². The van der Waals surface area contributed by atoms with Gasteiger partial charge in [-0.05, 0) is 25.8 Å². The normalized spacial score (nSPS) is 8.18. The van der Waals surface area contributed by atoms with Gasteiger partial charge in [0, 0.05) is 0 Å². The van der Waals surface area contributed by atoms with Gasteiger partial charge in [-0.1, -0.05) is 19.9 Å². The van der Waals surface area contributed by atoms with Crippen LogP contribution in [0.4, 0.5) is 0 Å². The predicted molar refractivity (Wildman–Crippen MR) is 47.1 cm³/mol. The van der Waals surface area contributed by atoms with E-state index in [1.165, 1.54) is 0 Å². The second kappa shape index (κ2) is 9.44. The molecular formula is C9H18O2. The van der Waals surface area contributed by atoms with Crippen molar-refractivity contribution in [3.8, 4) is 0 Å². The van der Waals surface area contributed by atoms with Crippen molar-refractivity contribution in [1.82, 2.24) is 0 Å². The van der Waals surface area contributed by atoms with Crippen LogP contribution in [0.2, 0.25) is 0 Å². The fourth-order valence-corrected chi connectivity index (χ4v) is 0.258. The molecule has 2 nitrogen and oxygen atoms in total. The second-order valence-electron chi connectivity index (χ2n) is 2.45. The first-order chi connectivity index (χ1) is 5.04. The van der Waals surface area contributed by atoms with Gasteiger partial charge in [-0.25, -0.2) is 0 Å². The highest BCUT2D eigenvalue weighted by atomic mass is 16.5. The minimum Gasteiger partial charge on any atom is -0.368 e. The Balaban J connectivity index is 0. The monoisotopic (exact) mass is 158 g/mol. The molecule has 2 N–H and O–H groups in total. The molecule has 0 aliphatic heterocycles. The summed E-state index contributed by atoms with van der Waals surface area (Å²) in [6, 6.07) is 0. The van der Waals surface area contributed by atoms with Crippen molar-refractivity contribution >= 4 is 0 Å². The maximum absolute atomic E-state index is 8.11. The van der Waals surface area contributed by atoms with Crippen molar-refractivity contribution in [3.63, 3.8) is 0 Å². The van der Waals surface area contributed by atoms with Crippen molar-refractivity contribution in [2.75, 3.05) is 0 Å². The van der Waals surface area contributed by atoms with Crippen molar-refractivity contribution in [2.45, 2.75) is 39.9 Å². The molecular weight excluding hydrogens is 140 g/mol. The lowest BCUT2D eigenvalue weighted by molar-refractivity contribution is -0.0453. The topological polar surface area (TPSA) is 40.5 Å². The number of allylic oxidation sites excluding steroid dienone is 1. The van der Waals surface area contributed by atoms with Gasteiger partial charge in [-0.3, -0.25) is 0 Å². The van der Waals surface area contributed by atoms with Gasteiger partial charge in [0.2, 0.25) is 0 Å². The van der Waals surface area contributed by atoms with Crippen LogP contribution in [-0.4, -0.2) is 16.5 Å². The van der Waals surface area contributed by atoms with E-state index in [0.29, 0.717) is 6.42 Å². The molecule has 2 heteroatoms. The van der Waals surface area contributed by atoms with Crippen LogP contribution in [0.15, 0.2) is 17.9 Å². The molecule has 0 saturated carbocycles. The standard InChI is InChI=1S/C5H8.C4H10O2/c1-4-5(2)3;1-2-3-4(5)6/h1H2,2-3H3;4-6H,2-3H2,1H3. The summed E-state index contributed by atoms with van der Waals surface area (Å²) in [5.41, 5.74) is 3.84. The van der Waals surface area contributed by atoms with Crippen LogP contribution in [0.1, 0.15) is 33.6 Å². The Morgan fingerprint density at radius 1 is 1.45 bits per heavy atom. The van der Waals surface area contributed by atoms with Gasteiger partial charge in [-0.15, -0.1) is 5.73 Å². The number of aliphatic hydroxyl groups is 2. The van der Waals surface area contributed by atoms with E-state index in [1.54, 1.807) is 0 Å². The second-order valence-corrected chi connectivity index (χ2v) is 2.45. The van der Waals surface area contributed by atoms with E-state index >= 15 is 0 Å². The molecule has 0 atom stereocenters. The van der Waals surface area contributed by atoms with Crippen LogP contribution >= 0.6 is 0 Å². The number of hydrogen-bond donors (Lipinski definition) is 2. The highest BCUT2D eigenvalue weighted by Gasteiger charge is 1.89. The first-order valence-corrected chi connectivity index (χ1v) is 3.74. The average Bonchev–Trinajstić information content (AvgIpc) is 1.89. The van der Waals surface area contributed by atoms with Crippen LogP contribution in [0.3, 0.4) is 0 Å². The summed E-state index contributed by atoms with van der Waals surface area (Å²) in [6.07, 6.45) is 0.215. The SMILES string of the molecule is C=C=C(C)C.CCCC(O)O. The molecule has 0 aromatic carbocycles. The first-order valence-electron chi connectivity index (χ1n) is 3.74. The van der Waals surface area contributed by atoms with Gasteiger partial charge >= 0.3 is 0 Å². The molecule has 0 aromatic heterocycles. The summed E-state index contributed by atoms with van der Waals surface area (Å²) < 4.78 is 0. The van der Waals surface area contributed by atoms with Gasteiger partial charge in [0.05, 0.1) is 0 Å². The van der Waals surface area contributed by atoms with E-state index < -0.39 is 6.29 Å². The zero-order valence-electron chi connectivity index (χ0n) is 7.59. The molecule has 0 saturated heterocycles. The summed E-state index contributed by atoms with van der Waals surface area (Å²) in [5, 5.41) is 16.2. The first kappa shape index (κ1) is 13.1. The zero-order chi connectivity index (χ0) is 9.28. The number of rotatable bonds is 2. The molecule has 0 unspecified atom stereocenters. The minimum atomic E-state index is -1.10. The average molecular weight is 158 g/mol. The Hall–Kier alpha value is -0.560. The van der Waals surface area contributed by atoms with E-state index in [1.807, 2.05) is 20.8 Å². The molecule has 0 aliphatic carbocycles. The number of aliphatic hydroxyl groups excluding tert-OH is 1. The van der Waals surface area contributed by atoms with Gasteiger partial charge in [0.15, 0.2) is 6.29 Å². The summed E-state index contributed by atoms with van der Waals surface area (Å²) in [7, 11) is 0. The van der Waals surface area contributed by atoms with E-state index in [2.05, 4.69) is 12.3 Å². The summed E-state index contributed by atoms with van der Waals surface area (Å²) in [6.45, 7) is 9.23. The van der Waals surface area contributed by atoms with E-state index in [0.717, 1.165) is 12.0 Å². The molecule has 0 spiro atoms. The Morgan fingerprint density at radius 2 is 1.82 bits per heavy atom. The molecule has 0 aliphatic rings. The highest BCUT2D eigenvalue weighted by molar-refractivity contribution is 4.87. The fraction of sp³-hybridized carbons (Fsp3) is 0.667. The zero-order valence-corrected chi connectivity index (χ0v) is 7.59. The Labute approximate surface area is 68.9 Å². The lowest BCUT2D eigenvalue weighted by Crippen LogP contribution is -2.01. The van der Waals surface area contributed by atoms with Gasteiger partial charge in [0.1, 0.15) is 0 Å². The van der Waals surface area contributed by atoms with Crippen molar-refractivity contribution in [1.29, 1.82) is 0 Å². The molecule has 0 fully saturated rings. The van der Waals surface area contributed by atoms with Crippen molar-refractivity contribution in [2.24, 2.45) is 0 Å². The summed E-state index contributed by atoms with van der Waals surface area (Å²) in [4.78, 5) is 0. The summed E-state index contributed by atoms with van der Waals surface area (Å²) in [5.74, 6) is 0. The Bertz CT molecular complexity index is 118. The molecule has 0 radical (unpaired) electrons. The Kier molecular flexibility index (Phi) is 11.2. The van der Waals surface area contributed by atoms with Crippen molar-refractivity contribution < 1.29 is 10.2 Å². The summed E-state index contributed by atoms with van der Waals surface area (Å²) >= 11 is 0. The smallest absolute Gasteiger partial charge is 0.151 e. The third kappa shape index (κ3) is 26.5. The highest BCUT2D eigenvalue weighted by Crippen LogP contribution is 1.88. The predicted octanol–water partition coefficient (Wildman–Crippen LogP) is 1.83. The van der Waals surface area contributed by atoms with Crippen molar-refractivity contribution in [3.05, 3.63) is 17.9 Å². The third-order valence-electron chi connectivity index (χ3n) is 0.900. The lowest BCUT2D eigenvalue weighted by Gasteiger charge is -1.94. The van der Waals surface area contributed by atoms with Crippen LogP contribution in [0.25, 0.3) is 0 Å². The fourth-order valence-electron chi connectivity index (χ4n) is 0.258. The quantitative estimate of drug-likeness (QED) is 0.475. The minimum absolute atomic E-state index is 0.486. The molecule has 0 aromatic rings. The lowest BCUT2D eigenvalue weighted by atomic mass is 10.3. The third-order valence-corrected chi connectivity index (χ3v) is 0.900. The molecule has 0 rings (SSSR count). The molecule has 0 bridgehead atoms. The molecule has 66 valence electrons. The maximum Gasteiger partial charge on any atom is 0.151 e. The maximum atomic E-state index is 8.11. The molecule has 0 amide bonds. The largest absolute Gasteiger partial charge is 0.368 e. The number of hydrogen-bond acceptors (Lipinski definition) is 2. The van der Waals surface area contributed by atoms with Crippen LogP contribution < -0.4 is 0 Å². The Morgan fingerprint density at radius 3 is 1.82 bits per heavy atom. The molecule has 11 heavy (non-hydrogen) atoms.